The lowest BCUT2D eigenvalue weighted by Crippen LogP contribution is -2.04. The van der Waals surface area contributed by atoms with E-state index in [-0.39, 0.29) is 0 Å². The number of allylic oxidation sites excluding steroid dienone is 3. The molecule has 0 fully saturated rings. The molecule has 0 radical (unpaired) electrons. The molecular weight excluding hydrogens is 204 g/mol. The zero-order valence-corrected chi connectivity index (χ0v) is 11.5. The Bertz CT molecular complexity index is 368. The van der Waals surface area contributed by atoms with E-state index < -0.39 is 0 Å². The molecule has 1 rings (SSSR count). The van der Waals surface area contributed by atoms with Crippen LogP contribution in [0.25, 0.3) is 6.08 Å². The largest absolute Gasteiger partial charge is 0.0782 e. The Labute approximate surface area is 106 Å². The van der Waals surface area contributed by atoms with Gasteiger partial charge < -0.3 is 0 Å². The van der Waals surface area contributed by atoms with Crippen LogP contribution in [0.5, 0.6) is 0 Å². The second kappa shape index (κ2) is 7.11. The molecular formula is C17H24. The van der Waals surface area contributed by atoms with Crippen LogP contribution < -0.4 is 0 Å². The summed E-state index contributed by atoms with van der Waals surface area (Å²) >= 11 is 0. The standard InChI is InChI=1S/C17H24/c1-5-17(14(2)3)13-15(4)11-12-16-9-7-6-8-10-16/h6-14,17H,5H2,1-4H3/b12-11+,15-13+/t17-/m1/s1. The summed E-state index contributed by atoms with van der Waals surface area (Å²) in [7, 11) is 0. The Morgan fingerprint density at radius 3 is 2.35 bits per heavy atom. The molecule has 0 aliphatic carbocycles. The summed E-state index contributed by atoms with van der Waals surface area (Å²) in [6.45, 7) is 9.03. The van der Waals surface area contributed by atoms with E-state index in [0.29, 0.717) is 5.92 Å². The lowest BCUT2D eigenvalue weighted by atomic mass is 9.91. The molecule has 0 nitrogen and oxygen atoms in total. The van der Waals surface area contributed by atoms with E-state index in [4.69, 9.17) is 0 Å². The third-order valence-corrected chi connectivity index (χ3v) is 3.14. The van der Waals surface area contributed by atoms with Gasteiger partial charge in [-0.2, -0.15) is 0 Å². The van der Waals surface area contributed by atoms with Crippen molar-refractivity contribution in [2.24, 2.45) is 11.8 Å². The first-order valence-corrected chi connectivity index (χ1v) is 6.55. The van der Waals surface area contributed by atoms with Gasteiger partial charge in [0.1, 0.15) is 0 Å². The average molecular weight is 228 g/mol. The molecule has 1 aromatic rings. The molecule has 0 bridgehead atoms. The van der Waals surface area contributed by atoms with Gasteiger partial charge in [0.2, 0.25) is 0 Å². The number of hydrogen-bond donors (Lipinski definition) is 0. The third kappa shape index (κ3) is 5.04. The van der Waals surface area contributed by atoms with E-state index in [2.05, 4.69) is 70.2 Å². The Morgan fingerprint density at radius 2 is 1.82 bits per heavy atom. The fraction of sp³-hybridized carbons (Fsp3) is 0.412. The van der Waals surface area contributed by atoms with Crippen molar-refractivity contribution in [3.05, 3.63) is 53.6 Å². The molecule has 0 spiro atoms. The summed E-state index contributed by atoms with van der Waals surface area (Å²) in [6.07, 6.45) is 8.00. The lowest BCUT2D eigenvalue weighted by molar-refractivity contribution is 0.451. The van der Waals surface area contributed by atoms with Crippen molar-refractivity contribution in [2.45, 2.75) is 34.1 Å². The Morgan fingerprint density at radius 1 is 1.18 bits per heavy atom. The monoisotopic (exact) mass is 228 g/mol. The van der Waals surface area contributed by atoms with Crippen LogP contribution in [-0.4, -0.2) is 0 Å². The van der Waals surface area contributed by atoms with Crippen LogP contribution in [0, 0.1) is 11.8 Å². The number of benzene rings is 1. The van der Waals surface area contributed by atoms with E-state index in [0.717, 1.165) is 5.92 Å². The van der Waals surface area contributed by atoms with Crippen molar-refractivity contribution in [3.63, 3.8) is 0 Å². The summed E-state index contributed by atoms with van der Waals surface area (Å²) in [5.41, 5.74) is 2.62. The molecule has 0 saturated carbocycles. The zero-order chi connectivity index (χ0) is 12.7. The summed E-state index contributed by atoms with van der Waals surface area (Å²) in [6, 6.07) is 10.4. The molecule has 0 aliphatic heterocycles. The Hall–Kier alpha value is -1.30. The van der Waals surface area contributed by atoms with Crippen molar-refractivity contribution in [2.75, 3.05) is 0 Å². The molecule has 1 aromatic carbocycles. The van der Waals surface area contributed by atoms with Crippen LogP contribution >= 0.6 is 0 Å². The van der Waals surface area contributed by atoms with Crippen molar-refractivity contribution in [1.82, 2.24) is 0 Å². The highest BCUT2D eigenvalue weighted by molar-refractivity contribution is 5.52. The van der Waals surface area contributed by atoms with Gasteiger partial charge in [0.15, 0.2) is 0 Å². The van der Waals surface area contributed by atoms with Crippen LogP contribution in [0.15, 0.2) is 48.1 Å². The van der Waals surface area contributed by atoms with Gasteiger partial charge in [-0.15, -0.1) is 0 Å². The second-order valence-electron chi connectivity index (χ2n) is 4.97. The van der Waals surface area contributed by atoms with Gasteiger partial charge in [0.25, 0.3) is 0 Å². The first-order chi connectivity index (χ1) is 8.13. The molecule has 1 atom stereocenters. The van der Waals surface area contributed by atoms with Gasteiger partial charge >= 0.3 is 0 Å². The quantitative estimate of drug-likeness (QED) is 0.598. The van der Waals surface area contributed by atoms with E-state index in [1.807, 2.05) is 6.07 Å². The highest BCUT2D eigenvalue weighted by atomic mass is 14.1. The van der Waals surface area contributed by atoms with Gasteiger partial charge in [-0.05, 0) is 30.7 Å². The predicted molar refractivity (Wildman–Crippen MR) is 77.9 cm³/mol. The van der Waals surface area contributed by atoms with Crippen molar-refractivity contribution >= 4 is 6.08 Å². The van der Waals surface area contributed by atoms with Crippen LogP contribution in [-0.2, 0) is 0 Å². The highest BCUT2D eigenvalue weighted by Crippen LogP contribution is 2.18. The minimum atomic E-state index is 0.690. The lowest BCUT2D eigenvalue weighted by Gasteiger charge is -2.14. The first kappa shape index (κ1) is 13.8. The Kier molecular flexibility index (Phi) is 5.76. The smallest absolute Gasteiger partial charge is 0.0207 e. The maximum absolute atomic E-state index is 2.39. The summed E-state index contributed by atoms with van der Waals surface area (Å²) < 4.78 is 0. The zero-order valence-electron chi connectivity index (χ0n) is 11.5. The van der Waals surface area contributed by atoms with Crippen LogP contribution in [0.1, 0.15) is 39.7 Å². The molecule has 0 saturated heterocycles. The van der Waals surface area contributed by atoms with Gasteiger partial charge in [-0.25, -0.2) is 0 Å². The maximum atomic E-state index is 2.39. The van der Waals surface area contributed by atoms with Crippen molar-refractivity contribution < 1.29 is 0 Å². The van der Waals surface area contributed by atoms with E-state index in [1.165, 1.54) is 17.6 Å². The van der Waals surface area contributed by atoms with E-state index in [1.54, 1.807) is 0 Å². The van der Waals surface area contributed by atoms with Crippen LogP contribution in [0.2, 0.25) is 0 Å². The van der Waals surface area contributed by atoms with Gasteiger partial charge in [-0.3, -0.25) is 0 Å². The summed E-state index contributed by atoms with van der Waals surface area (Å²) in [5.74, 6) is 1.41. The van der Waals surface area contributed by atoms with E-state index >= 15 is 0 Å². The third-order valence-electron chi connectivity index (χ3n) is 3.14. The fourth-order valence-corrected chi connectivity index (χ4v) is 1.97. The molecule has 0 amide bonds. The first-order valence-electron chi connectivity index (χ1n) is 6.55. The van der Waals surface area contributed by atoms with Crippen molar-refractivity contribution in [3.8, 4) is 0 Å². The van der Waals surface area contributed by atoms with Gasteiger partial charge in [0.05, 0.1) is 0 Å². The fourth-order valence-electron chi connectivity index (χ4n) is 1.97. The minimum Gasteiger partial charge on any atom is -0.0782 e. The summed E-state index contributed by atoms with van der Waals surface area (Å²) in [4.78, 5) is 0. The number of hydrogen-bond acceptors (Lipinski definition) is 0. The average Bonchev–Trinajstić information content (AvgIpc) is 2.34. The molecule has 0 aromatic heterocycles. The SMILES string of the molecule is CC[C@H](/C=C(C)/C=C/c1ccccc1)C(C)C. The highest BCUT2D eigenvalue weighted by Gasteiger charge is 2.06. The molecule has 17 heavy (non-hydrogen) atoms. The second-order valence-corrected chi connectivity index (χ2v) is 4.97. The van der Waals surface area contributed by atoms with Gasteiger partial charge in [-0.1, -0.05) is 74.9 Å². The van der Waals surface area contributed by atoms with Crippen LogP contribution in [0.3, 0.4) is 0 Å². The Balaban J connectivity index is 2.68. The van der Waals surface area contributed by atoms with Crippen molar-refractivity contribution in [1.29, 1.82) is 0 Å². The molecule has 0 N–H and O–H groups in total. The normalized spacial score (nSPS) is 14.5. The molecule has 0 aliphatic rings. The molecule has 0 heteroatoms. The summed E-state index contributed by atoms with van der Waals surface area (Å²) in [5, 5.41) is 0. The molecule has 92 valence electrons. The molecule has 0 heterocycles. The minimum absolute atomic E-state index is 0.690. The van der Waals surface area contributed by atoms with Gasteiger partial charge in [0, 0.05) is 0 Å². The predicted octanol–water partition coefficient (Wildman–Crippen LogP) is 5.33. The topological polar surface area (TPSA) is 0 Å². The number of rotatable bonds is 5. The van der Waals surface area contributed by atoms with E-state index in [9.17, 15) is 0 Å². The van der Waals surface area contributed by atoms with Crippen LogP contribution in [0.4, 0.5) is 0 Å². The maximum Gasteiger partial charge on any atom is -0.0207 e. The molecule has 0 unspecified atom stereocenters.